The van der Waals surface area contributed by atoms with Gasteiger partial charge in [0.1, 0.15) is 0 Å². The van der Waals surface area contributed by atoms with Crippen LogP contribution in [0.25, 0.3) is 5.70 Å². The molecule has 10 heteroatoms. The van der Waals surface area contributed by atoms with Crippen molar-refractivity contribution in [2.75, 3.05) is 23.8 Å². The van der Waals surface area contributed by atoms with Crippen LogP contribution in [0.4, 0.5) is 29.7 Å². The van der Waals surface area contributed by atoms with Gasteiger partial charge in [0.15, 0.2) is 11.6 Å². The number of carbonyl (C=O) groups excluding carboxylic acids is 3. The van der Waals surface area contributed by atoms with Gasteiger partial charge in [0.05, 0.1) is 23.9 Å². The largest absolute Gasteiger partial charge is 0.463 e. The van der Waals surface area contributed by atoms with Crippen LogP contribution in [-0.2, 0) is 9.53 Å². The van der Waals surface area contributed by atoms with E-state index in [1.807, 2.05) is 37.3 Å². The summed E-state index contributed by atoms with van der Waals surface area (Å²) in [6, 6.07) is 16.9. The van der Waals surface area contributed by atoms with Crippen molar-refractivity contribution in [3.05, 3.63) is 101 Å². The first-order valence-electron chi connectivity index (χ1n) is 13.0. The maximum atomic E-state index is 13.5. The molecule has 1 aliphatic heterocycles. The van der Waals surface area contributed by atoms with Crippen molar-refractivity contribution in [2.45, 2.75) is 32.7 Å². The van der Waals surface area contributed by atoms with Crippen molar-refractivity contribution < 1.29 is 27.9 Å². The van der Waals surface area contributed by atoms with Crippen molar-refractivity contribution in [1.82, 2.24) is 10.2 Å². The van der Waals surface area contributed by atoms with Gasteiger partial charge in [0, 0.05) is 24.0 Å². The fourth-order valence-electron chi connectivity index (χ4n) is 4.43. The highest BCUT2D eigenvalue weighted by Gasteiger charge is 2.38. The third kappa shape index (κ3) is 6.45. The number of benzene rings is 3. The predicted octanol–water partition coefficient (Wildman–Crippen LogP) is 6.45. The van der Waals surface area contributed by atoms with E-state index in [9.17, 15) is 23.2 Å². The molecule has 8 nitrogen and oxygen atoms in total. The van der Waals surface area contributed by atoms with Gasteiger partial charge in [-0.25, -0.2) is 23.2 Å². The lowest BCUT2D eigenvalue weighted by Crippen LogP contribution is -2.48. The van der Waals surface area contributed by atoms with E-state index in [0.29, 0.717) is 29.1 Å². The monoisotopic (exact) mass is 548 g/mol. The Morgan fingerprint density at radius 3 is 2.33 bits per heavy atom. The average Bonchev–Trinajstić information content (AvgIpc) is 2.94. The minimum Gasteiger partial charge on any atom is -0.463 e. The maximum Gasteiger partial charge on any atom is 0.338 e. The highest BCUT2D eigenvalue weighted by atomic mass is 19.2. The molecule has 4 amide bonds. The summed E-state index contributed by atoms with van der Waals surface area (Å²) in [7, 11) is 0. The number of nitrogens with zero attached hydrogens (tertiary/aromatic N) is 1. The molecule has 3 N–H and O–H groups in total. The van der Waals surface area contributed by atoms with Gasteiger partial charge in [-0.2, -0.15) is 0 Å². The molecule has 0 saturated heterocycles. The van der Waals surface area contributed by atoms with Gasteiger partial charge in [-0.05, 0) is 48.7 Å². The van der Waals surface area contributed by atoms with E-state index in [2.05, 4.69) is 16.0 Å². The van der Waals surface area contributed by atoms with Crippen molar-refractivity contribution in [1.29, 1.82) is 0 Å². The van der Waals surface area contributed by atoms with Gasteiger partial charge in [-0.1, -0.05) is 55.8 Å². The molecule has 0 unspecified atom stereocenters. The molecule has 0 fully saturated rings. The number of hydrogen-bond acceptors (Lipinski definition) is 4. The molecule has 1 atom stereocenters. The molecule has 3 aromatic rings. The summed E-state index contributed by atoms with van der Waals surface area (Å²) >= 11 is 0. The Bertz CT molecular complexity index is 1430. The molecule has 0 aromatic heterocycles. The van der Waals surface area contributed by atoms with Crippen LogP contribution in [0, 0.1) is 11.6 Å². The number of rotatable bonds is 9. The number of urea groups is 2. The number of unbranched alkanes of at least 4 members (excludes halogenated alkanes) is 1. The number of amides is 4. The van der Waals surface area contributed by atoms with Crippen molar-refractivity contribution >= 4 is 35.1 Å². The number of anilines is 2. The molecule has 0 aliphatic carbocycles. The summed E-state index contributed by atoms with van der Waals surface area (Å²) in [5.41, 5.74) is 2.39. The zero-order valence-electron chi connectivity index (χ0n) is 22.2. The van der Waals surface area contributed by atoms with E-state index >= 15 is 0 Å². The summed E-state index contributed by atoms with van der Waals surface area (Å²) in [6.07, 6.45) is 1.58. The minimum atomic E-state index is -1.09. The lowest BCUT2D eigenvalue weighted by molar-refractivity contribution is -0.138. The first-order chi connectivity index (χ1) is 19.3. The van der Waals surface area contributed by atoms with E-state index < -0.39 is 29.7 Å². The van der Waals surface area contributed by atoms with Gasteiger partial charge >= 0.3 is 18.0 Å². The Hall–Kier alpha value is -4.73. The predicted molar refractivity (Wildman–Crippen MR) is 148 cm³/mol. The molecule has 3 aromatic carbocycles. The number of ether oxygens (including phenoxy) is 1. The third-order valence-electron chi connectivity index (χ3n) is 6.26. The van der Waals surface area contributed by atoms with Crippen LogP contribution in [0.1, 0.15) is 43.9 Å². The fraction of sp³-hybridized carbons (Fsp3) is 0.233. The summed E-state index contributed by atoms with van der Waals surface area (Å²) in [6.45, 7) is 4.28. The first-order valence-corrected chi connectivity index (χ1v) is 13.0. The molecule has 0 radical (unpaired) electrons. The van der Waals surface area contributed by atoms with Gasteiger partial charge in [-0.3, -0.25) is 4.90 Å². The van der Waals surface area contributed by atoms with E-state index in [1.165, 1.54) is 6.07 Å². The molecule has 1 heterocycles. The number of halogens is 2. The zero-order valence-corrected chi connectivity index (χ0v) is 22.2. The Labute approximate surface area is 231 Å². The SMILES string of the molecule is CCCCN1C(=O)N[C@@H](c2cccc(NC(=O)Nc3ccc(F)c(F)c3)c2)C(C(=O)OCC)=C1c1ccccc1. The van der Waals surface area contributed by atoms with Crippen LogP contribution < -0.4 is 16.0 Å². The number of carbonyl (C=O) groups is 3. The van der Waals surface area contributed by atoms with Crippen LogP contribution >= 0.6 is 0 Å². The van der Waals surface area contributed by atoms with Gasteiger partial charge in [0.25, 0.3) is 0 Å². The topological polar surface area (TPSA) is 99.8 Å². The fourth-order valence-corrected chi connectivity index (χ4v) is 4.43. The molecule has 0 saturated carbocycles. The van der Waals surface area contributed by atoms with Gasteiger partial charge < -0.3 is 20.7 Å². The van der Waals surface area contributed by atoms with Crippen LogP contribution in [-0.4, -0.2) is 36.1 Å². The lowest BCUT2D eigenvalue weighted by atomic mass is 9.91. The molecule has 4 rings (SSSR count). The Morgan fingerprint density at radius 1 is 0.925 bits per heavy atom. The van der Waals surface area contributed by atoms with E-state index in [4.69, 9.17) is 4.74 Å². The Kier molecular flexibility index (Phi) is 9.11. The molecular weight excluding hydrogens is 518 g/mol. The number of hydrogen-bond donors (Lipinski definition) is 3. The first kappa shape index (κ1) is 28.3. The van der Waals surface area contributed by atoms with E-state index in [-0.39, 0.29) is 23.9 Å². The van der Waals surface area contributed by atoms with Crippen molar-refractivity contribution in [3.8, 4) is 0 Å². The van der Waals surface area contributed by atoms with Crippen LogP contribution in [0.2, 0.25) is 0 Å². The zero-order chi connectivity index (χ0) is 28.6. The quantitative estimate of drug-likeness (QED) is 0.268. The highest BCUT2D eigenvalue weighted by molar-refractivity contribution is 6.05. The number of nitrogens with one attached hydrogen (secondary N) is 3. The Balaban J connectivity index is 1.71. The molecule has 0 bridgehead atoms. The van der Waals surface area contributed by atoms with E-state index in [0.717, 1.165) is 25.0 Å². The molecule has 40 heavy (non-hydrogen) atoms. The highest BCUT2D eigenvalue weighted by Crippen LogP contribution is 2.37. The molecule has 1 aliphatic rings. The van der Waals surface area contributed by atoms with Gasteiger partial charge in [0.2, 0.25) is 0 Å². The second-order valence-corrected chi connectivity index (χ2v) is 9.07. The molecule has 208 valence electrons. The molecular formula is C30H30F2N4O4. The smallest absolute Gasteiger partial charge is 0.338 e. The van der Waals surface area contributed by atoms with E-state index in [1.54, 1.807) is 36.1 Å². The molecule has 0 spiro atoms. The maximum absolute atomic E-state index is 13.5. The second kappa shape index (κ2) is 12.9. The summed E-state index contributed by atoms with van der Waals surface area (Å²) in [5, 5.41) is 8.02. The van der Waals surface area contributed by atoms with Crippen LogP contribution in [0.3, 0.4) is 0 Å². The van der Waals surface area contributed by atoms with Crippen LogP contribution in [0.15, 0.2) is 78.4 Å². The minimum absolute atomic E-state index is 0.0688. The number of esters is 1. The second-order valence-electron chi connectivity index (χ2n) is 9.07. The average molecular weight is 549 g/mol. The van der Waals surface area contributed by atoms with Gasteiger partial charge in [-0.15, -0.1) is 0 Å². The van der Waals surface area contributed by atoms with Crippen molar-refractivity contribution in [3.63, 3.8) is 0 Å². The Morgan fingerprint density at radius 2 is 1.65 bits per heavy atom. The van der Waals surface area contributed by atoms with Crippen molar-refractivity contribution in [2.24, 2.45) is 0 Å². The third-order valence-corrected chi connectivity index (χ3v) is 6.26. The van der Waals surface area contributed by atoms with Crippen LogP contribution in [0.5, 0.6) is 0 Å². The summed E-state index contributed by atoms with van der Waals surface area (Å²) in [4.78, 5) is 40.9. The standard InChI is InChI=1S/C30H30F2N4O4/c1-3-5-16-36-27(19-10-7-6-8-11-19)25(28(37)40-4-2)26(35-30(36)39)20-12-9-13-21(17-20)33-29(38)34-22-14-15-23(31)24(32)18-22/h6-15,17-18,26H,3-5,16H2,1-2H3,(H,35,39)(H2,33,34,38)/t26-/m0/s1. The normalized spacial score (nSPS) is 14.9. The summed E-state index contributed by atoms with van der Waals surface area (Å²) in [5.74, 6) is -2.68. The lowest BCUT2D eigenvalue weighted by Gasteiger charge is -2.37. The summed E-state index contributed by atoms with van der Waals surface area (Å²) < 4.78 is 32.2.